The van der Waals surface area contributed by atoms with Gasteiger partial charge in [0.15, 0.2) is 5.65 Å². The second kappa shape index (κ2) is 7.21. The molecule has 0 spiro atoms. The van der Waals surface area contributed by atoms with Crippen LogP contribution in [-0.4, -0.2) is 49.6 Å². The van der Waals surface area contributed by atoms with E-state index in [1.165, 1.54) is 10.4 Å². The highest BCUT2D eigenvalue weighted by atomic mass is 32.1. The molecule has 0 aliphatic carbocycles. The van der Waals surface area contributed by atoms with E-state index >= 15 is 0 Å². The Labute approximate surface area is 176 Å². The fourth-order valence-corrected chi connectivity index (χ4v) is 5.01. The maximum absolute atomic E-state index is 12.4. The van der Waals surface area contributed by atoms with Crippen LogP contribution < -0.4 is 10.1 Å². The molecule has 30 heavy (non-hydrogen) atoms. The lowest BCUT2D eigenvalue weighted by Gasteiger charge is -2.28. The number of ether oxygens (including phenoxy) is 1. The van der Waals surface area contributed by atoms with E-state index in [4.69, 9.17) is 4.74 Å². The minimum Gasteiger partial charge on any atom is -0.479 e. The van der Waals surface area contributed by atoms with Gasteiger partial charge in [0.1, 0.15) is 22.7 Å². The van der Waals surface area contributed by atoms with Gasteiger partial charge in [-0.3, -0.25) is 9.89 Å². The molecule has 5 rings (SSSR count). The lowest BCUT2D eigenvalue weighted by Crippen LogP contribution is -2.37. The van der Waals surface area contributed by atoms with E-state index in [-0.39, 0.29) is 11.8 Å². The van der Waals surface area contributed by atoms with Gasteiger partial charge in [0.25, 0.3) is 0 Å². The standard InChI is InChI=1S/C20H21N7O2S/c1-10(2)20(28)27-5-4-12-14(8-27)30-19-15(12)17(21-9-22-19)24-13-6-11-7-23-26-16(11)25-18(13)29-3/h6-7,9-10H,4-5,8H2,1-3H3,(H,21,22,24)(H,23,25,26). The molecule has 4 aromatic heterocycles. The fourth-order valence-electron chi connectivity index (χ4n) is 3.81. The van der Waals surface area contributed by atoms with Gasteiger partial charge in [-0.2, -0.15) is 10.1 Å². The Bertz CT molecular complexity index is 1260. The van der Waals surface area contributed by atoms with E-state index in [0.717, 1.165) is 22.0 Å². The van der Waals surface area contributed by atoms with Crippen LogP contribution in [0.1, 0.15) is 24.3 Å². The van der Waals surface area contributed by atoms with Gasteiger partial charge in [-0.15, -0.1) is 11.3 Å². The van der Waals surface area contributed by atoms with Gasteiger partial charge in [0.05, 0.1) is 25.2 Å². The normalized spacial score (nSPS) is 13.8. The summed E-state index contributed by atoms with van der Waals surface area (Å²) in [6, 6.07) is 1.93. The zero-order chi connectivity index (χ0) is 20.8. The van der Waals surface area contributed by atoms with Crippen LogP contribution in [0.2, 0.25) is 0 Å². The lowest BCUT2D eigenvalue weighted by molar-refractivity contribution is -0.135. The molecular weight excluding hydrogens is 402 g/mol. The first-order chi connectivity index (χ1) is 14.5. The number of carbonyl (C=O) groups excluding carboxylic acids is 1. The number of nitrogens with zero attached hydrogens (tertiary/aromatic N) is 5. The lowest BCUT2D eigenvalue weighted by atomic mass is 10.0. The Kier molecular flexibility index (Phi) is 4.50. The Morgan fingerprint density at radius 1 is 1.37 bits per heavy atom. The number of thiophene rings is 1. The van der Waals surface area contributed by atoms with Crippen molar-refractivity contribution in [1.82, 2.24) is 30.0 Å². The van der Waals surface area contributed by atoms with E-state index < -0.39 is 0 Å². The summed E-state index contributed by atoms with van der Waals surface area (Å²) in [5, 5.41) is 12.1. The molecule has 10 heteroatoms. The maximum Gasteiger partial charge on any atom is 0.239 e. The third kappa shape index (κ3) is 3.04. The van der Waals surface area contributed by atoms with Crippen molar-refractivity contribution in [3.05, 3.63) is 29.0 Å². The molecule has 0 unspecified atom stereocenters. The van der Waals surface area contributed by atoms with E-state index in [1.54, 1.807) is 31.0 Å². The van der Waals surface area contributed by atoms with Crippen molar-refractivity contribution in [1.29, 1.82) is 0 Å². The van der Waals surface area contributed by atoms with Crippen molar-refractivity contribution in [2.45, 2.75) is 26.8 Å². The molecule has 0 aromatic carbocycles. The van der Waals surface area contributed by atoms with E-state index in [9.17, 15) is 4.79 Å². The van der Waals surface area contributed by atoms with Crippen LogP contribution in [0, 0.1) is 5.92 Å². The summed E-state index contributed by atoms with van der Waals surface area (Å²) in [6.45, 7) is 5.21. The second-order valence-electron chi connectivity index (χ2n) is 7.55. The minimum atomic E-state index is -0.00393. The zero-order valence-corrected chi connectivity index (χ0v) is 17.7. The largest absolute Gasteiger partial charge is 0.479 e. The number of fused-ring (bicyclic) bond motifs is 4. The highest BCUT2D eigenvalue weighted by Gasteiger charge is 2.27. The van der Waals surface area contributed by atoms with Crippen molar-refractivity contribution >= 4 is 50.0 Å². The number of methoxy groups -OCH3 is 1. The molecule has 154 valence electrons. The molecule has 0 fully saturated rings. The molecule has 1 aliphatic heterocycles. The van der Waals surface area contributed by atoms with Crippen molar-refractivity contribution < 1.29 is 9.53 Å². The smallest absolute Gasteiger partial charge is 0.239 e. The number of anilines is 2. The van der Waals surface area contributed by atoms with Crippen LogP contribution in [0.5, 0.6) is 5.88 Å². The number of aromatic amines is 1. The molecule has 0 bridgehead atoms. The molecule has 0 radical (unpaired) electrons. The SMILES string of the molecule is COc1nc2[nH]ncc2cc1Nc1ncnc2sc3c(c12)CCN(C(=O)C(C)C)C3. The van der Waals surface area contributed by atoms with Crippen LogP contribution >= 0.6 is 11.3 Å². The predicted molar refractivity (Wildman–Crippen MR) is 115 cm³/mol. The van der Waals surface area contributed by atoms with Crippen molar-refractivity contribution in [3.63, 3.8) is 0 Å². The average Bonchev–Trinajstić information content (AvgIpc) is 3.35. The molecule has 5 heterocycles. The first-order valence-corrected chi connectivity index (χ1v) is 10.6. The molecule has 9 nitrogen and oxygen atoms in total. The van der Waals surface area contributed by atoms with E-state index in [2.05, 4.69) is 30.5 Å². The van der Waals surface area contributed by atoms with Crippen molar-refractivity contribution in [2.24, 2.45) is 5.92 Å². The van der Waals surface area contributed by atoms with Crippen LogP contribution in [0.15, 0.2) is 18.6 Å². The number of carbonyl (C=O) groups is 1. The number of aromatic nitrogens is 5. The number of H-pyrrole nitrogens is 1. The highest BCUT2D eigenvalue weighted by molar-refractivity contribution is 7.19. The predicted octanol–water partition coefficient (Wildman–Crippen LogP) is 3.26. The number of rotatable bonds is 4. The Morgan fingerprint density at radius 3 is 3.03 bits per heavy atom. The average molecular weight is 424 g/mol. The van der Waals surface area contributed by atoms with E-state index in [1.807, 2.05) is 24.8 Å². The molecule has 0 saturated heterocycles. The third-order valence-corrected chi connectivity index (χ3v) is 6.40. The molecule has 1 amide bonds. The van der Waals surface area contributed by atoms with Gasteiger partial charge in [0.2, 0.25) is 11.8 Å². The first kappa shape index (κ1) is 18.7. The minimum absolute atomic E-state index is 0.00393. The summed E-state index contributed by atoms with van der Waals surface area (Å²) in [4.78, 5) is 29.9. The Balaban J connectivity index is 1.55. The monoisotopic (exact) mass is 423 g/mol. The van der Waals surface area contributed by atoms with Gasteiger partial charge < -0.3 is 15.0 Å². The summed E-state index contributed by atoms with van der Waals surface area (Å²) in [6.07, 6.45) is 4.06. The summed E-state index contributed by atoms with van der Waals surface area (Å²) in [5.74, 6) is 1.35. The van der Waals surface area contributed by atoms with Crippen LogP contribution in [-0.2, 0) is 17.8 Å². The summed E-state index contributed by atoms with van der Waals surface area (Å²) >= 11 is 1.62. The number of hydrogen-bond donors (Lipinski definition) is 2. The number of hydrogen-bond acceptors (Lipinski definition) is 8. The summed E-state index contributed by atoms with van der Waals surface area (Å²) < 4.78 is 5.46. The molecule has 1 aliphatic rings. The quantitative estimate of drug-likeness (QED) is 0.518. The van der Waals surface area contributed by atoms with E-state index in [0.29, 0.717) is 36.1 Å². The van der Waals surface area contributed by atoms with Gasteiger partial charge >= 0.3 is 0 Å². The van der Waals surface area contributed by atoms with Gasteiger partial charge in [-0.25, -0.2) is 9.97 Å². The second-order valence-corrected chi connectivity index (χ2v) is 8.63. The molecular formula is C20H21N7O2S. The number of pyridine rings is 1. The van der Waals surface area contributed by atoms with Gasteiger partial charge in [0, 0.05) is 22.7 Å². The Morgan fingerprint density at radius 2 is 2.23 bits per heavy atom. The molecule has 0 saturated carbocycles. The van der Waals surface area contributed by atoms with Crippen LogP contribution in [0.4, 0.5) is 11.5 Å². The first-order valence-electron chi connectivity index (χ1n) is 9.74. The summed E-state index contributed by atoms with van der Waals surface area (Å²) in [5.41, 5.74) is 2.58. The topological polar surface area (TPSA) is 109 Å². The Hall–Kier alpha value is -3.27. The van der Waals surface area contributed by atoms with Crippen molar-refractivity contribution in [3.8, 4) is 5.88 Å². The van der Waals surface area contributed by atoms with Crippen molar-refractivity contribution in [2.75, 3.05) is 19.0 Å². The highest BCUT2D eigenvalue weighted by Crippen LogP contribution is 2.39. The number of nitrogens with one attached hydrogen (secondary N) is 2. The van der Waals surface area contributed by atoms with Gasteiger partial charge in [-0.1, -0.05) is 13.8 Å². The van der Waals surface area contributed by atoms with Crippen LogP contribution in [0.3, 0.4) is 0 Å². The molecule has 4 aromatic rings. The maximum atomic E-state index is 12.4. The fraction of sp³-hybridized carbons (Fsp3) is 0.350. The number of amides is 1. The molecule has 0 atom stereocenters. The van der Waals surface area contributed by atoms with Crippen LogP contribution in [0.25, 0.3) is 21.3 Å². The zero-order valence-electron chi connectivity index (χ0n) is 16.9. The third-order valence-electron chi connectivity index (χ3n) is 5.28. The summed E-state index contributed by atoms with van der Waals surface area (Å²) in [7, 11) is 1.58. The molecule has 2 N–H and O–H groups in total. The van der Waals surface area contributed by atoms with Gasteiger partial charge in [-0.05, 0) is 18.1 Å².